The maximum atomic E-state index is 12.3. The van der Waals surface area contributed by atoms with Crippen LogP contribution in [-0.2, 0) is 12.7 Å². The summed E-state index contributed by atoms with van der Waals surface area (Å²) >= 11 is 1.62. The Labute approximate surface area is 92.8 Å². The number of rotatable bonds is 3. The van der Waals surface area contributed by atoms with E-state index >= 15 is 0 Å². The van der Waals surface area contributed by atoms with E-state index < -0.39 is 11.9 Å². The molecule has 0 unspecified atom stereocenters. The van der Waals surface area contributed by atoms with Crippen molar-refractivity contribution in [3.05, 3.63) is 9.39 Å². The van der Waals surface area contributed by atoms with Crippen LogP contribution in [0.5, 0.6) is 0 Å². The van der Waals surface area contributed by atoms with Gasteiger partial charge in [0.2, 0.25) is 0 Å². The Balaban J connectivity index is 2.86. The molecule has 1 aromatic heterocycles. The average molecular weight is 319 g/mol. The summed E-state index contributed by atoms with van der Waals surface area (Å²) in [4.78, 5) is 0. The molecule has 0 aliphatic rings. The van der Waals surface area contributed by atoms with Crippen molar-refractivity contribution in [1.29, 1.82) is 0 Å². The second kappa shape index (κ2) is 4.45. The van der Waals surface area contributed by atoms with Crippen molar-refractivity contribution in [2.24, 2.45) is 0 Å². The van der Waals surface area contributed by atoms with Gasteiger partial charge in [0.15, 0.2) is 5.69 Å². The number of unbranched alkanes of at least 4 members (excludes halogenated alkanes) is 1. The summed E-state index contributed by atoms with van der Waals surface area (Å²) in [6, 6.07) is 0. The van der Waals surface area contributed by atoms with Crippen LogP contribution in [0.15, 0.2) is 0 Å². The molecule has 1 aromatic rings. The van der Waals surface area contributed by atoms with Crippen molar-refractivity contribution in [2.45, 2.75) is 32.5 Å². The lowest BCUT2D eigenvalue weighted by molar-refractivity contribution is -0.142. The van der Waals surface area contributed by atoms with Crippen molar-refractivity contribution in [3.63, 3.8) is 0 Å². The van der Waals surface area contributed by atoms with Crippen molar-refractivity contribution in [2.75, 3.05) is 0 Å². The Morgan fingerprint density at radius 1 is 1.43 bits per heavy atom. The normalized spacial score (nSPS) is 12.1. The molecular weight excluding hydrogens is 310 g/mol. The van der Waals surface area contributed by atoms with Gasteiger partial charge in [0.05, 0.1) is 0 Å². The zero-order chi connectivity index (χ0) is 10.8. The minimum atomic E-state index is -4.40. The average Bonchev–Trinajstić information content (AvgIpc) is 2.42. The predicted molar refractivity (Wildman–Crippen MR) is 52.6 cm³/mol. The summed E-state index contributed by atoms with van der Waals surface area (Å²) < 4.78 is 38.1. The molecule has 0 bridgehead atoms. The fraction of sp³-hybridized carbons (Fsp3) is 0.714. The highest BCUT2D eigenvalue weighted by molar-refractivity contribution is 14.1. The van der Waals surface area contributed by atoms with Gasteiger partial charge in [0, 0.05) is 6.54 Å². The van der Waals surface area contributed by atoms with Crippen LogP contribution in [0.1, 0.15) is 25.5 Å². The number of aromatic nitrogens is 3. The first-order valence-corrected chi connectivity index (χ1v) is 5.21. The van der Waals surface area contributed by atoms with Crippen LogP contribution >= 0.6 is 22.6 Å². The predicted octanol–water partition coefficient (Wildman–Crippen LogP) is 2.70. The molecule has 0 atom stereocenters. The molecule has 80 valence electrons. The summed E-state index contributed by atoms with van der Waals surface area (Å²) in [5.41, 5.74) is -0.894. The first kappa shape index (κ1) is 11.7. The van der Waals surface area contributed by atoms with Crippen LogP contribution < -0.4 is 0 Å². The molecular formula is C7H9F3IN3. The molecule has 0 aromatic carbocycles. The van der Waals surface area contributed by atoms with Gasteiger partial charge in [0.25, 0.3) is 0 Å². The molecule has 1 heterocycles. The Morgan fingerprint density at radius 3 is 2.50 bits per heavy atom. The van der Waals surface area contributed by atoms with E-state index in [1.807, 2.05) is 6.92 Å². The highest BCUT2D eigenvalue weighted by Crippen LogP contribution is 2.30. The summed E-state index contributed by atoms with van der Waals surface area (Å²) in [6.07, 6.45) is -2.69. The first-order chi connectivity index (χ1) is 6.46. The summed E-state index contributed by atoms with van der Waals surface area (Å²) in [5, 5.41) is 6.58. The minimum absolute atomic E-state index is 0.0588. The zero-order valence-electron chi connectivity index (χ0n) is 7.47. The van der Waals surface area contributed by atoms with Gasteiger partial charge in [-0.1, -0.05) is 18.6 Å². The Kier molecular flexibility index (Phi) is 3.73. The fourth-order valence-electron chi connectivity index (χ4n) is 0.926. The molecule has 0 saturated carbocycles. The van der Waals surface area contributed by atoms with Crippen LogP contribution in [-0.4, -0.2) is 15.0 Å². The maximum absolute atomic E-state index is 12.3. The lowest BCUT2D eigenvalue weighted by Gasteiger charge is -2.03. The van der Waals surface area contributed by atoms with Crippen LogP contribution in [0.25, 0.3) is 0 Å². The standard InChI is InChI=1S/C7H9F3IN3/c1-2-3-4-14-6(11)5(12-13-14)7(8,9)10/h2-4H2,1H3. The number of halogens is 4. The fourth-order valence-corrected chi connectivity index (χ4v) is 1.68. The van der Waals surface area contributed by atoms with Crippen molar-refractivity contribution < 1.29 is 13.2 Å². The monoisotopic (exact) mass is 319 g/mol. The van der Waals surface area contributed by atoms with Gasteiger partial charge in [-0.25, -0.2) is 4.68 Å². The minimum Gasteiger partial charge on any atom is -0.239 e. The van der Waals surface area contributed by atoms with E-state index in [4.69, 9.17) is 0 Å². The van der Waals surface area contributed by atoms with E-state index in [1.54, 1.807) is 22.6 Å². The zero-order valence-corrected chi connectivity index (χ0v) is 9.63. The quantitative estimate of drug-likeness (QED) is 0.802. The van der Waals surface area contributed by atoms with Gasteiger partial charge in [-0.05, 0) is 29.0 Å². The molecule has 1 rings (SSSR count). The highest BCUT2D eigenvalue weighted by atomic mass is 127. The lowest BCUT2D eigenvalue weighted by Crippen LogP contribution is -2.09. The molecule has 0 N–H and O–H groups in total. The van der Waals surface area contributed by atoms with Crippen molar-refractivity contribution >= 4 is 22.6 Å². The van der Waals surface area contributed by atoms with Crippen molar-refractivity contribution in [3.8, 4) is 0 Å². The molecule has 0 spiro atoms. The van der Waals surface area contributed by atoms with Gasteiger partial charge in [-0.3, -0.25) is 0 Å². The molecule has 0 aliphatic heterocycles. The van der Waals surface area contributed by atoms with E-state index in [1.165, 1.54) is 4.68 Å². The molecule has 0 aliphatic carbocycles. The third-order valence-electron chi connectivity index (χ3n) is 1.67. The molecule has 14 heavy (non-hydrogen) atoms. The molecule has 0 saturated heterocycles. The largest absolute Gasteiger partial charge is 0.437 e. The molecule has 7 heteroatoms. The Hall–Kier alpha value is -0.340. The lowest BCUT2D eigenvalue weighted by atomic mass is 10.3. The maximum Gasteiger partial charge on any atom is 0.437 e. The van der Waals surface area contributed by atoms with Gasteiger partial charge in [-0.2, -0.15) is 13.2 Å². The van der Waals surface area contributed by atoms with Crippen molar-refractivity contribution in [1.82, 2.24) is 15.0 Å². The third-order valence-corrected chi connectivity index (χ3v) is 2.73. The highest BCUT2D eigenvalue weighted by Gasteiger charge is 2.37. The number of hydrogen-bond acceptors (Lipinski definition) is 2. The SMILES string of the molecule is CCCCn1nnc(C(F)(F)F)c1I. The van der Waals surface area contributed by atoms with Crippen LogP contribution in [0.2, 0.25) is 0 Å². The number of aryl methyl sites for hydroxylation is 1. The van der Waals surface area contributed by atoms with Crippen LogP contribution in [0, 0.1) is 3.70 Å². The molecule has 0 radical (unpaired) electrons. The van der Waals surface area contributed by atoms with E-state index in [0.717, 1.165) is 12.8 Å². The number of nitrogens with zero attached hydrogens (tertiary/aromatic N) is 3. The molecule has 0 amide bonds. The van der Waals surface area contributed by atoms with Crippen LogP contribution in [0.3, 0.4) is 0 Å². The van der Waals surface area contributed by atoms with Gasteiger partial charge in [0.1, 0.15) is 3.70 Å². The second-order valence-electron chi connectivity index (χ2n) is 2.80. The second-order valence-corrected chi connectivity index (χ2v) is 3.83. The topological polar surface area (TPSA) is 30.7 Å². The summed E-state index contributed by atoms with van der Waals surface area (Å²) in [7, 11) is 0. The Bertz CT molecular complexity index is 308. The number of alkyl halides is 3. The first-order valence-electron chi connectivity index (χ1n) is 4.13. The van der Waals surface area contributed by atoms with Crippen LogP contribution in [0.4, 0.5) is 13.2 Å². The molecule has 0 fully saturated rings. The van der Waals surface area contributed by atoms with E-state index in [2.05, 4.69) is 10.3 Å². The van der Waals surface area contributed by atoms with E-state index in [9.17, 15) is 13.2 Å². The smallest absolute Gasteiger partial charge is 0.239 e. The number of hydrogen-bond donors (Lipinski definition) is 0. The van der Waals surface area contributed by atoms with Gasteiger partial charge < -0.3 is 0 Å². The van der Waals surface area contributed by atoms with Gasteiger partial charge in [-0.15, -0.1) is 5.10 Å². The van der Waals surface area contributed by atoms with Gasteiger partial charge >= 0.3 is 6.18 Å². The summed E-state index contributed by atoms with van der Waals surface area (Å²) in [5.74, 6) is 0. The molecule has 3 nitrogen and oxygen atoms in total. The third kappa shape index (κ3) is 2.58. The van der Waals surface area contributed by atoms with E-state index in [0.29, 0.717) is 6.54 Å². The van der Waals surface area contributed by atoms with E-state index in [-0.39, 0.29) is 3.70 Å². The Morgan fingerprint density at radius 2 is 2.07 bits per heavy atom. The summed E-state index contributed by atoms with van der Waals surface area (Å²) in [6.45, 7) is 2.45.